The van der Waals surface area contributed by atoms with Crippen molar-refractivity contribution in [1.82, 2.24) is 14.7 Å². The van der Waals surface area contributed by atoms with Gasteiger partial charge in [0, 0.05) is 17.6 Å². The topological polar surface area (TPSA) is 73.4 Å². The molecule has 130 valence electrons. The predicted octanol–water partition coefficient (Wildman–Crippen LogP) is 3.39. The van der Waals surface area contributed by atoms with E-state index in [0.717, 1.165) is 30.7 Å². The first-order valence-corrected chi connectivity index (χ1v) is 8.56. The second-order valence-electron chi connectivity index (χ2n) is 7.45. The predicted molar refractivity (Wildman–Crippen MR) is 94.9 cm³/mol. The molecule has 2 heterocycles. The molecule has 0 radical (unpaired) electrons. The Balaban J connectivity index is 1.96. The minimum Gasteiger partial charge on any atom is -0.442 e. The molecule has 3 rings (SSSR count). The van der Waals surface area contributed by atoms with E-state index in [4.69, 9.17) is 10.5 Å². The molecule has 0 bridgehead atoms. The van der Waals surface area contributed by atoms with Crippen LogP contribution in [0.2, 0.25) is 0 Å². The van der Waals surface area contributed by atoms with Crippen molar-refractivity contribution in [3.05, 3.63) is 23.9 Å². The Morgan fingerprint density at radius 1 is 1.25 bits per heavy atom. The molecule has 6 nitrogen and oxygen atoms in total. The van der Waals surface area contributed by atoms with E-state index in [0.29, 0.717) is 11.2 Å². The number of ether oxygens (including phenoxy) is 1. The van der Waals surface area contributed by atoms with Crippen molar-refractivity contribution in [2.75, 3.05) is 18.8 Å². The number of anilines is 1. The summed E-state index contributed by atoms with van der Waals surface area (Å²) in [6, 6.07) is 5.58. The van der Waals surface area contributed by atoms with E-state index in [1.807, 2.05) is 32.9 Å². The zero-order valence-electron chi connectivity index (χ0n) is 14.7. The summed E-state index contributed by atoms with van der Waals surface area (Å²) >= 11 is 0. The Morgan fingerprint density at radius 3 is 2.62 bits per heavy atom. The lowest BCUT2D eigenvalue weighted by Gasteiger charge is -2.25. The lowest BCUT2D eigenvalue weighted by molar-refractivity contribution is 0.0521. The molecule has 2 aromatic rings. The number of likely N-dealkylation sites (tertiary alicyclic amines) is 1. The molecule has 2 N–H and O–H groups in total. The Hall–Kier alpha value is -2.08. The highest BCUT2D eigenvalue weighted by Gasteiger charge is 2.23. The van der Waals surface area contributed by atoms with Crippen LogP contribution in [0.1, 0.15) is 45.7 Å². The van der Waals surface area contributed by atoms with Crippen LogP contribution < -0.4 is 5.73 Å². The van der Waals surface area contributed by atoms with Gasteiger partial charge in [0.1, 0.15) is 5.60 Å². The summed E-state index contributed by atoms with van der Waals surface area (Å²) in [5.41, 5.74) is 7.56. The number of carbonyl (C=O) groups excluding carboxylic acids is 1. The number of aromatic nitrogens is 2. The number of piperidine rings is 1. The van der Waals surface area contributed by atoms with Crippen molar-refractivity contribution in [2.45, 2.75) is 52.2 Å². The molecule has 1 fully saturated rings. The van der Waals surface area contributed by atoms with Gasteiger partial charge in [0.05, 0.1) is 11.2 Å². The highest BCUT2D eigenvalue weighted by molar-refractivity contribution is 5.91. The van der Waals surface area contributed by atoms with Crippen LogP contribution in [0.5, 0.6) is 0 Å². The van der Waals surface area contributed by atoms with Gasteiger partial charge in [0.2, 0.25) is 0 Å². The van der Waals surface area contributed by atoms with E-state index in [1.165, 1.54) is 23.9 Å². The van der Waals surface area contributed by atoms with Crippen LogP contribution in [0.3, 0.4) is 0 Å². The van der Waals surface area contributed by atoms with Gasteiger partial charge in [0.25, 0.3) is 0 Å². The maximum atomic E-state index is 12.5. The van der Waals surface area contributed by atoms with Crippen molar-refractivity contribution in [3.8, 4) is 0 Å². The summed E-state index contributed by atoms with van der Waals surface area (Å²) in [5.74, 6) is 0. The van der Waals surface area contributed by atoms with Crippen molar-refractivity contribution in [3.63, 3.8) is 0 Å². The van der Waals surface area contributed by atoms with Gasteiger partial charge in [-0.3, -0.25) is 4.90 Å². The summed E-state index contributed by atoms with van der Waals surface area (Å²) in [7, 11) is 0. The highest BCUT2D eigenvalue weighted by Crippen LogP contribution is 2.24. The fraction of sp³-hybridized carbons (Fsp3) is 0.556. The van der Waals surface area contributed by atoms with Gasteiger partial charge < -0.3 is 10.5 Å². The van der Waals surface area contributed by atoms with Gasteiger partial charge in [-0.2, -0.15) is 9.78 Å². The molecule has 6 heteroatoms. The Morgan fingerprint density at radius 2 is 1.96 bits per heavy atom. The number of nitrogens with two attached hydrogens (primary N) is 1. The third-order valence-corrected chi connectivity index (χ3v) is 4.17. The van der Waals surface area contributed by atoms with E-state index < -0.39 is 11.7 Å². The molecule has 0 unspecified atom stereocenters. The molecule has 0 aliphatic carbocycles. The minimum absolute atomic E-state index is 0.469. The van der Waals surface area contributed by atoms with Gasteiger partial charge in [-0.25, -0.2) is 4.79 Å². The van der Waals surface area contributed by atoms with Crippen LogP contribution in [0, 0.1) is 0 Å². The Kier molecular flexibility index (Phi) is 4.49. The first-order valence-electron chi connectivity index (χ1n) is 8.56. The Labute approximate surface area is 142 Å². The standard InChI is InChI=1S/C18H26N4O2/c1-18(2,3)24-17(23)22-16-11-13(19)7-8-14(16)15(20-22)12-21-9-5-4-6-10-21/h7-8,11H,4-6,9-10,12,19H2,1-3H3. The lowest BCUT2D eigenvalue weighted by atomic mass is 10.1. The first kappa shape index (κ1) is 16.8. The van der Waals surface area contributed by atoms with Crippen LogP contribution in [0.4, 0.5) is 10.5 Å². The molecular formula is C18H26N4O2. The molecule has 24 heavy (non-hydrogen) atoms. The average molecular weight is 330 g/mol. The highest BCUT2D eigenvalue weighted by atomic mass is 16.6. The lowest BCUT2D eigenvalue weighted by Crippen LogP contribution is -2.30. The van der Waals surface area contributed by atoms with E-state index >= 15 is 0 Å². The maximum absolute atomic E-state index is 12.5. The molecule has 1 aliphatic rings. The van der Waals surface area contributed by atoms with Crippen LogP contribution in [0.25, 0.3) is 10.9 Å². The molecule has 0 spiro atoms. The number of hydrogen-bond donors (Lipinski definition) is 1. The second-order valence-corrected chi connectivity index (χ2v) is 7.45. The van der Waals surface area contributed by atoms with Crippen molar-refractivity contribution in [2.24, 2.45) is 0 Å². The van der Waals surface area contributed by atoms with Crippen LogP contribution in [-0.2, 0) is 11.3 Å². The molecule has 1 aliphatic heterocycles. The third kappa shape index (κ3) is 3.70. The summed E-state index contributed by atoms with van der Waals surface area (Å²) in [6.45, 7) is 8.44. The molecule has 0 atom stereocenters. The zero-order chi connectivity index (χ0) is 17.3. The van der Waals surface area contributed by atoms with Gasteiger partial charge in [-0.1, -0.05) is 6.42 Å². The quantitative estimate of drug-likeness (QED) is 0.855. The number of benzene rings is 1. The van der Waals surface area contributed by atoms with E-state index in [2.05, 4.69) is 10.00 Å². The molecule has 1 aromatic heterocycles. The Bertz CT molecular complexity index is 739. The molecule has 0 amide bonds. The van der Waals surface area contributed by atoms with Crippen molar-refractivity contribution < 1.29 is 9.53 Å². The number of rotatable bonds is 2. The maximum Gasteiger partial charge on any atom is 0.435 e. The van der Waals surface area contributed by atoms with Crippen LogP contribution in [-0.4, -0.2) is 39.5 Å². The van der Waals surface area contributed by atoms with E-state index in [9.17, 15) is 4.79 Å². The van der Waals surface area contributed by atoms with Gasteiger partial charge in [-0.05, 0) is 64.9 Å². The van der Waals surface area contributed by atoms with Gasteiger partial charge in [-0.15, -0.1) is 0 Å². The summed E-state index contributed by atoms with van der Waals surface area (Å²) in [5, 5.41) is 5.51. The zero-order valence-corrected chi connectivity index (χ0v) is 14.7. The third-order valence-electron chi connectivity index (χ3n) is 4.17. The summed E-state index contributed by atoms with van der Waals surface area (Å²) in [4.78, 5) is 14.9. The number of nitrogens with zero attached hydrogens (tertiary/aromatic N) is 3. The fourth-order valence-corrected chi connectivity index (χ4v) is 3.09. The number of fused-ring (bicyclic) bond motifs is 1. The summed E-state index contributed by atoms with van der Waals surface area (Å²) < 4.78 is 6.83. The number of carbonyl (C=O) groups is 1. The van der Waals surface area contributed by atoms with Crippen molar-refractivity contribution >= 4 is 22.7 Å². The summed E-state index contributed by atoms with van der Waals surface area (Å²) in [6.07, 6.45) is 3.26. The fourth-order valence-electron chi connectivity index (χ4n) is 3.09. The first-order chi connectivity index (χ1) is 11.3. The van der Waals surface area contributed by atoms with E-state index in [-0.39, 0.29) is 0 Å². The molecule has 0 saturated carbocycles. The number of nitrogen functional groups attached to an aromatic ring is 1. The largest absolute Gasteiger partial charge is 0.442 e. The number of hydrogen-bond acceptors (Lipinski definition) is 5. The van der Waals surface area contributed by atoms with Gasteiger partial charge >= 0.3 is 6.09 Å². The SMILES string of the molecule is CC(C)(C)OC(=O)n1nc(CN2CCCCC2)c2ccc(N)cc21. The minimum atomic E-state index is -0.567. The molecular weight excluding hydrogens is 304 g/mol. The molecule has 1 saturated heterocycles. The van der Waals surface area contributed by atoms with E-state index in [1.54, 1.807) is 6.07 Å². The van der Waals surface area contributed by atoms with Crippen LogP contribution in [0.15, 0.2) is 18.2 Å². The normalized spacial score (nSPS) is 16.5. The van der Waals surface area contributed by atoms with Crippen molar-refractivity contribution in [1.29, 1.82) is 0 Å². The monoisotopic (exact) mass is 330 g/mol. The van der Waals surface area contributed by atoms with Crippen LogP contribution >= 0.6 is 0 Å². The smallest absolute Gasteiger partial charge is 0.435 e. The average Bonchev–Trinajstić information content (AvgIpc) is 2.84. The molecule has 1 aromatic carbocycles. The second kappa shape index (κ2) is 6.43. The van der Waals surface area contributed by atoms with Gasteiger partial charge in [0.15, 0.2) is 0 Å².